The fourth-order valence-corrected chi connectivity index (χ4v) is 2.71. The maximum Gasteiger partial charge on any atom is 0.270 e. The molecule has 3 rings (SSSR count). The molecule has 0 spiro atoms. The quantitative estimate of drug-likeness (QED) is 0.764. The number of carbonyl (C=O) groups excluding carboxylic acids is 1. The van der Waals surface area contributed by atoms with Crippen LogP contribution in [0, 0.1) is 0 Å². The highest BCUT2D eigenvalue weighted by molar-refractivity contribution is 5.98. The second kappa shape index (κ2) is 6.27. The Balaban J connectivity index is 1.77. The van der Waals surface area contributed by atoms with E-state index in [1.165, 1.54) is 0 Å². The van der Waals surface area contributed by atoms with E-state index >= 15 is 0 Å². The summed E-state index contributed by atoms with van der Waals surface area (Å²) in [5, 5.41) is 8.31. The number of nitrogens with one attached hydrogen (secondary N) is 2. The average molecular weight is 340 g/mol. The van der Waals surface area contributed by atoms with Crippen LogP contribution in [0.15, 0.2) is 30.3 Å². The van der Waals surface area contributed by atoms with E-state index in [-0.39, 0.29) is 11.3 Å². The lowest BCUT2D eigenvalue weighted by Gasteiger charge is -2.15. The third-order valence-corrected chi connectivity index (χ3v) is 4.21. The Morgan fingerprint density at radius 1 is 1.24 bits per heavy atom. The summed E-state index contributed by atoms with van der Waals surface area (Å²) in [5.41, 5.74) is 3.35. The third kappa shape index (κ3) is 3.52. The van der Waals surface area contributed by atoms with Gasteiger partial charge < -0.3 is 14.6 Å². The first kappa shape index (κ1) is 17.1. The van der Waals surface area contributed by atoms with Gasteiger partial charge in [0.05, 0.1) is 25.0 Å². The summed E-state index contributed by atoms with van der Waals surface area (Å²) in [6, 6.07) is 9.56. The Morgan fingerprint density at radius 3 is 2.64 bits per heavy atom. The van der Waals surface area contributed by atoms with Crippen molar-refractivity contribution in [1.29, 1.82) is 0 Å². The van der Waals surface area contributed by atoms with E-state index in [2.05, 4.69) is 36.0 Å². The van der Waals surface area contributed by atoms with E-state index in [4.69, 9.17) is 4.74 Å². The zero-order valence-electron chi connectivity index (χ0n) is 15.3. The van der Waals surface area contributed by atoms with E-state index in [1.54, 1.807) is 19.1 Å². The molecule has 2 N–H and O–H groups in total. The second-order valence-electron chi connectivity index (χ2n) is 7.33. The van der Waals surface area contributed by atoms with Gasteiger partial charge in [-0.05, 0) is 30.3 Å². The van der Waals surface area contributed by atoms with E-state index < -0.39 is 0 Å². The van der Waals surface area contributed by atoms with Gasteiger partial charge in [-0.1, -0.05) is 20.8 Å². The van der Waals surface area contributed by atoms with Crippen LogP contribution in [-0.2, 0) is 12.0 Å². The van der Waals surface area contributed by atoms with Crippen LogP contribution in [0.2, 0.25) is 0 Å². The minimum Gasteiger partial charge on any atom is -0.497 e. The molecular formula is C19H24N4O2. The van der Waals surface area contributed by atoms with Crippen molar-refractivity contribution in [3.8, 4) is 5.75 Å². The first-order chi connectivity index (χ1) is 11.8. The maximum atomic E-state index is 12.7. The number of aromatic amines is 2. The first-order valence-corrected chi connectivity index (χ1v) is 8.25. The molecule has 25 heavy (non-hydrogen) atoms. The Morgan fingerprint density at radius 2 is 2.00 bits per heavy atom. The molecule has 0 aliphatic rings. The molecule has 1 amide bonds. The SMILES string of the molecule is COc1ccc2[nH]c(C(=O)N(C)Cc3cc(C(C)(C)C)n[nH]3)cc2c1. The van der Waals surface area contributed by atoms with Crippen LogP contribution >= 0.6 is 0 Å². The summed E-state index contributed by atoms with van der Waals surface area (Å²) in [5.74, 6) is 0.702. The minimum absolute atomic E-state index is 0.0203. The number of ether oxygens (including phenoxy) is 1. The molecule has 132 valence electrons. The smallest absolute Gasteiger partial charge is 0.270 e. The fraction of sp³-hybridized carbons (Fsp3) is 0.368. The van der Waals surface area contributed by atoms with Gasteiger partial charge in [0.1, 0.15) is 11.4 Å². The lowest BCUT2D eigenvalue weighted by molar-refractivity contribution is 0.0778. The molecule has 6 heteroatoms. The van der Waals surface area contributed by atoms with Crippen molar-refractivity contribution >= 4 is 16.8 Å². The topological polar surface area (TPSA) is 74.0 Å². The fourth-order valence-electron chi connectivity index (χ4n) is 2.71. The van der Waals surface area contributed by atoms with E-state index in [1.807, 2.05) is 30.3 Å². The number of nitrogens with zero attached hydrogens (tertiary/aromatic N) is 2. The molecule has 0 unspecified atom stereocenters. The number of carbonyl (C=O) groups is 1. The number of amides is 1. The maximum absolute atomic E-state index is 12.7. The van der Waals surface area contributed by atoms with Gasteiger partial charge in [-0.25, -0.2) is 0 Å². The first-order valence-electron chi connectivity index (χ1n) is 8.25. The normalized spacial score (nSPS) is 11.7. The zero-order chi connectivity index (χ0) is 18.2. The molecule has 0 atom stereocenters. The molecule has 0 fully saturated rings. The highest BCUT2D eigenvalue weighted by atomic mass is 16.5. The molecule has 0 aliphatic heterocycles. The number of hydrogen-bond donors (Lipinski definition) is 2. The molecule has 0 saturated carbocycles. The summed E-state index contributed by atoms with van der Waals surface area (Å²) in [4.78, 5) is 17.5. The number of H-pyrrole nitrogens is 2. The van der Waals surface area contributed by atoms with Gasteiger partial charge in [0, 0.05) is 23.4 Å². The van der Waals surface area contributed by atoms with Crippen molar-refractivity contribution in [2.24, 2.45) is 0 Å². The lowest BCUT2D eigenvalue weighted by atomic mass is 9.92. The standard InChI is InChI=1S/C19H24N4O2/c1-19(2,3)17-10-13(21-22-17)11-23(4)18(24)16-9-12-8-14(25-5)6-7-15(12)20-16/h6-10,20H,11H2,1-5H3,(H,21,22). The van der Waals surface area contributed by atoms with Crippen LogP contribution < -0.4 is 4.74 Å². The average Bonchev–Trinajstić information content (AvgIpc) is 3.19. The van der Waals surface area contributed by atoms with Crippen molar-refractivity contribution < 1.29 is 9.53 Å². The monoisotopic (exact) mass is 340 g/mol. The zero-order valence-corrected chi connectivity index (χ0v) is 15.3. The van der Waals surface area contributed by atoms with Crippen LogP contribution in [0.5, 0.6) is 5.75 Å². The number of aromatic nitrogens is 3. The highest BCUT2D eigenvalue weighted by Gasteiger charge is 2.19. The number of hydrogen-bond acceptors (Lipinski definition) is 3. The summed E-state index contributed by atoms with van der Waals surface area (Å²) >= 11 is 0. The summed E-state index contributed by atoms with van der Waals surface area (Å²) in [7, 11) is 3.41. The summed E-state index contributed by atoms with van der Waals surface area (Å²) in [6.45, 7) is 6.81. The van der Waals surface area contributed by atoms with Crippen LogP contribution in [0.3, 0.4) is 0 Å². The van der Waals surface area contributed by atoms with Crippen LogP contribution in [-0.4, -0.2) is 40.1 Å². The predicted molar refractivity (Wildman–Crippen MR) is 97.9 cm³/mol. The number of benzene rings is 1. The van der Waals surface area contributed by atoms with Gasteiger partial charge in [-0.15, -0.1) is 0 Å². The van der Waals surface area contributed by atoms with Crippen molar-refractivity contribution in [1.82, 2.24) is 20.1 Å². The van der Waals surface area contributed by atoms with E-state index in [9.17, 15) is 4.79 Å². The Hall–Kier alpha value is -2.76. The Labute approximate surface area is 147 Å². The molecule has 0 saturated heterocycles. The van der Waals surface area contributed by atoms with Gasteiger partial charge in [-0.3, -0.25) is 9.89 Å². The Kier molecular flexibility index (Phi) is 4.29. The van der Waals surface area contributed by atoms with Gasteiger partial charge in [-0.2, -0.15) is 5.10 Å². The molecule has 6 nitrogen and oxygen atoms in total. The number of rotatable bonds is 4. The third-order valence-electron chi connectivity index (χ3n) is 4.21. The summed E-state index contributed by atoms with van der Waals surface area (Å²) in [6.07, 6.45) is 0. The van der Waals surface area contributed by atoms with E-state index in [0.29, 0.717) is 12.2 Å². The molecule has 0 bridgehead atoms. The predicted octanol–water partition coefficient (Wildman–Crippen LogP) is 3.47. The molecule has 2 heterocycles. The number of methoxy groups -OCH3 is 1. The number of fused-ring (bicyclic) bond motifs is 1. The second-order valence-corrected chi connectivity index (χ2v) is 7.33. The van der Waals surface area contributed by atoms with Crippen molar-refractivity contribution in [2.45, 2.75) is 32.7 Å². The van der Waals surface area contributed by atoms with Crippen LogP contribution in [0.4, 0.5) is 0 Å². The largest absolute Gasteiger partial charge is 0.497 e. The van der Waals surface area contributed by atoms with Crippen molar-refractivity contribution in [3.05, 3.63) is 47.4 Å². The Bertz CT molecular complexity index is 902. The van der Waals surface area contributed by atoms with Crippen molar-refractivity contribution in [2.75, 3.05) is 14.2 Å². The van der Waals surface area contributed by atoms with Gasteiger partial charge in [0.2, 0.25) is 0 Å². The van der Waals surface area contributed by atoms with Gasteiger partial charge in [0.25, 0.3) is 5.91 Å². The molecule has 0 radical (unpaired) electrons. The van der Waals surface area contributed by atoms with Gasteiger partial charge >= 0.3 is 0 Å². The molecule has 2 aromatic heterocycles. The van der Waals surface area contributed by atoms with Gasteiger partial charge in [0.15, 0.2) is 0 Å². The molecular weight excluding hydrogens is 316 g/mol. The molecule has 0 aliphatic carbocycles. The molecule has 3 aromatic rings. The van der Waals surface area contributed by atoms with Crippen molar-refractivity contribution in [3.63, 3.8) is 0 Å². The lowest BCUT2D eigenvalue weighted by Crippen LogP contribution is -2.26. The minimum atomic E-state index is -0.0675. The van der Waals surface area contributed by atoms with E-state index in [0.717, 1.165) is 28.0 Å². The van der Waals surface area contributed by atoms with Crippen LogP contribution in [0.1, 0.15) is 42.6 Å². The van der Waals surface area contributed by atoms with Crippen LogP contribution in [0.25, 0.3) is 10.9 Å². The molecule has 1 aromatic carbocycles. The highest BCUT2D eigenvalue weighted by Crippen LogP contribution is 2.23. The summed E-state index contributed by atoms with van der Waals surface area (Å²) < 4.78 is 5.23.